The summed E-state index contributed by atoms with van der Waals surface area (Å²) in [4.78, 5) is 18.1. The molecule has 28 heavy (non-hydrogen) atoms. The van der Waals surface area contributed by atoms with Gasteiger partial charge in [-0.15, -0.1) is 0 Å². The molecule has 146 valence electrons. The van der Waals surface area contributed by atoms with E-state index in [1.165, 1.54) is 17.1 Å². The number of aryl methyl sites for hydroxylation is 1. The van der Waals surface area contributed by atoms with E-state index in [-0.39, 0.29) is 0 Å². The number of pyridine rings is 2. The van der Waals surface area contributed by atoms with E-state index >= 15 is 0 Å². The molecule has 0 amide bonds. The molecule has 0 aliphatic carbocycles. The minimum absolute atomic E-state index is 0.679. The maximum atomic E-state index is 5.20. The van der Waals surface area contributed by atoms with Crippen molar-refractivity contribution in [1.29, 1.82) is 0 Å². The molecule has 0 aromatic carbocycles. The van der Waals surface area contributed by atoms with Crippen molar-refractivity contribution < 1.29 is 4.74 Å². The van der Waals surface area contributed by atoms with Gasteiger partial charge in [-0.05, 0) is 37.1 Å². The minimum atomic E-state index is 0.679. The van der Waals surface area contributed by atoms with E-state index in [4.69, 9.17) is 9.72 Å². The summed E-state index contributed by atoms with van der Waals surface area (Å²) in [7, 11) is 1.65. The molecule has 4 heterocycles. The van der Waals surface area contributed by atoms with Crippen molar-refractivity contribution in [3.63, 3.8) is 0 Å². The van der Waals surface area contributed by atoms with Crippen molar-refractivity contribution in [1.82, 2.24) is 24.2 Å². The van der Waals surface area contributed by atoms with Gasteiger partial charge in [0, 0.05) is 74.0 Å². The van der Waals surface area contributed by atoms with E-state index < -0.39 is 0 Å². The molecule has 3 aromatic rings. The largest absolute Gasteiger partial charge is 0.481 e. The SMILES string of the molecule is COc1cc(CCN2CCN(c3nc(-c4ccc(C)nc4)ns3)CC2)ccn1. The van der Waals surface area contributed by atoms with Crippen LogP contribution in [-0.2, 0) is 6.42 Å². The third kappa shape index (κ3) is 4.45. The van der Waals surface area contributed by atoms with E-state index in [9.17, 15) is 0 Å². The van der Waals surface area contributed by atoms with Gasteiger partial charge in [-0.2, -0.15) is 9.36 Å². The highest BCUT2D eigenvalue weighted by atomic mass is 32.1. The quantitative estimate of drug-likeness (QED) is 0.634. The molecular weight excluding hydrogens is 372 g/mol. The molecule has 0 unspecified atom stereocenters. The summed E-state index contributed by atoms with van der Waals surface area (Å²) >= 11 is 1.47. The highest BCUT2D eigenvalue weighted by molar-refractivity contribution is 7.09. The van der Waals surface area contributed by atoms with Crippen LogP contribution in [0.1, 0.15) is 11.3 Å². The molecule has 3 aromatic heterocycles. The summed E-state index contributed by atoms with van der Waals surface area (Å²) in [5.41, 5.74) is 3.23. The Morgan fingerprint density at radius 3 is 2.71 bits per heavy atom. The molecule has 1 aliphatic heterocycles. The summed E-state index contributed by atoms with van der Waals surface area (Å²) in [5.74, 6) is 1.44. The number of hydrogen-bond donors (Lipinski definition) is 0. The highest BCUT2D eigenvalue weighted by Gasteiger charge is 2.20. The molecule has 8 heteroatoms. The molecule has 0 N–H and O–H groups in total. The zero-order valence-corrected chi connectivity index (χ0v) is 17.0. The zero-order chi connectivity index (χ0) is 19.3. The van der Waals surface area contributed by atoms with Crippen molar-refractivity contribution in [3.05, 3.63) is 47.9 Å². The van der Waals surface area contributed by atoms with E-state index in [1.54, 1.807) is 7.11 Å². The number of nitrogens with zero attached hydrogens (tertiary/aromatic N) is 6. The van der Waals surface area contributed by atoms with Gasteiger partial charge in [-0.3, -0.25) is 9.88 Å². The smallest absolute Gasteiger partial charge is 0.213 e. The van der Waals surface area contributed by atoms with Gasteiger partial charge in [-0.1, -0.05) is 0 Å². The number of anilines is 1. The predicted octanol–water partition coefficient (Wildman–Crippen LogP) is 2.68. The number of hydrogen-bond acceptors (Lipinski definition) is 8. The molecule has 1 fully saturated rings. The monoisotopic (exact) mass is 396 g/mol. The molecule has 0 radical (unpaired) electrons. The summed E-state index contributed by atoms with van der Waals surface area (Å²) in [6, 6.07) is 8.09. The maximum Gasteiger partial charge on any atom is 0.213 e. The van der Waals surface area contributed by atoms with Gasteiger partial charge >= 0.3 is 0 Å². The second-order valence-electron chi connectivity index (χ2n) is 6.87. The topological polar surface area (TPSA) is 67.3 Å². The Balaban J connectivity index is 1.30. The van der Waals surface area contributed by atoms with Gasteiger partial charge in [0.1, 0.15) is 0 Å². The summed E-state index contributed by atoms with van der Waals surface area (Å²) in [6.45, 7) is 7.03. The van der Waals surface area contributed by atoms with Gasteiger partial charge in [-0.25, -0.2) is 4.98 Å². The first-order valence-electron chi connectivity index (χ1n) is 9.44. The van der Waals surface area contributed by atoms with Gasteiger partial charge < -0.3 is 9.64 Å². The number of methoxy groups -OCH3 is 1. The number of aromatic nitrogens is 4. The number of ether oxygens (including phenoxy) is 1. The van der Waals surface area contributed by atoms with Crippen LogP contribution in [0.15, 0.2) is 36.7 Å². The maximum absolute atomic E-state index is 5.20. The molecule has 4 rings (SSSR count). The third-order valence-electron chi connectivity index (χ3n) is 4.95. The Hall–Kier alpha value is -2.58. The van der Waals surface area contributed by atoms with Gasteiger partial charge in [0.25, 0.3) is 0 Å². The first-order valence-corrected chi connectivity index (χ1v) is 10.2. The lowest BCUT2D eigenvalue weighted by atomic mass is 10.2. The fraction of sp³-hybridized carbons (Fsp3) is 0.400. The molecule has 1 aliphatic rings. The Morgan fingerprint density at radius 2 is 1.96 bits per heavy atom. The number of rotatable bonds is 6. The lowest BCUT2D eigenvalue weighted by molar-refractivity contribution is 0.261. The second-order valence-corrected chi connectivity index (χ2v) is 7.60. The fourth-order valence-corrected chi connectivity index (χ4v) is 3.97. The molecule has 0 spiro atoms. The first-order chi connectivity index (χ1) is 13.7. The lowest BCUT2D eigenvalue weighted by Crippen LogP contribution is -2.47. The zero-order valence-electron chi connectivity index (χ0n) is 16.2. The van der Waals surface area contributed by atoms with Gasteiger partial charge in [0.15, 0.2) is 5.82 Å². The molecule has 0 bridgehead atoms. The average molecular weight is 397 g/mol. The van der Waals surface area contributed by atoms with Crippen LogP contribution in [0.2, 0.25) is 0 Å². The summed E-state index contributed by atoms with van der Waals surface area (Å²) in [6.07, 6.45) is 4.65. The van der Waals surface area contributed by atoms with Crippen molar-refractivity contribution in [3.8, 4) is 17.3 Å². The predicted molar refractivity (Wildman–Crippen MR) is 111 cm³/mol. The van der Waals surface area contributed by atoms with Crippen LogP contribution >= 0.6 is 11.5 Å². The summed E-state index contributed by atoms with van der Waals surface area (Å²) < 4.78 is 9.72. The minimum Gasteiger partial charge on any atom is -0.481 e. The molecule has 0 saturated carbocycles. The van der Waals surface area contributed by atoms with Crippen molar-refractivity contribution in [2.45, 2.75) is 13.3 Å². The highest BCUT2D eigenvalue weighted by Crippen LogP contribution is 2.24. The van der Waals surface area contributed by atoms with Crippen molar-refractivity contribution in [2.75, 3.05) is 44.7 Å². The fourth-order valence-electron chi connectivity index (χ4n) is 3.23. The molecule has 1 saturated heterocycles. The Bertz CT molecular complexity index is 905. The van der Waals surface area contributed by atoms with E-state index in [1.807, 2.05) is 37.5 Å². The van der Waals surface area contributed by atoms with Crippen LogP contribution in [-0.4, -0.2) is 64.1 Å². The normalized spacial score (nSPS) is 15.0. The lowest BCUT2D eigenvalue weighted by Gasteiger charge is -2.34. The Kier molecular flexibility index (Phi) is 5.78. The van der Waals surface area contributed by atoms with Crippen LogP contribution in [0.3, 0.4) is 0 Å². The van der Waals surface area contributed by atoms with E-state index in [0.717, 1.165) is 61.4 Å². The Labute approximate surface area is 169 Å². The molecular formula is C20H24N6OS. The van der Waals surface area contributed by atoms with E-state index in [2.05, 4.69) is 30.2 Å². The summed E-state index contributed by atoms with van der Waals surface area (Å²) in [5, 5.41) is 0.995. The molecule has 7 nitrogen and oxygen atoms in total. The van der Waals surface area contributed by atoms with Gasteiger partial charge in [0.05, 0.1) is 7.11 Å². The van der Waals surface area contributed by atoms with Crippen LogP contribution < -0.4 is 9.64 Å². The van der Waals surface area contributed by atoms with E-state index in [0.29, 0.717) is 5.88 Å². The number of piperazine rings is 1. The molecule has 0 atom stereocenters. The Morgan fingerprint density at radius 1 is 1.11 bits per heavy atom. The first kappa shape index (κ1) is 18.8. The van der Waals surface area contributed by atoms with Crippen molar-refractivity contribution in [2.24, 2.45) is 0 Å². The second kappa shape index (κ2) is 8.62. The van der Waals surface area contributed by atoms with Gasteiger partial charge in [0.2, 0.25) is 11.0 Å². The van der Waals surface area contributed by atoms with Crippen LogP contribution in [0.4, 0.5) is 5.13 Å². The van der Waals surface area contributed by atoms with Crippen LogP contribution in [0.25, 0.3) is 11.4 Å². The third-order valence-corrected chi connectivity index (χ3v) is 5.73. The standard InChI is InChI=1S/C20H24N6OS/c1-15-3-4-17(14-22-15)19-23-20(28-24-19)26-11-9-25(10-12-26)8-6-16-5-7-21-18(13-16)27-2/h3-5,7,13-14H,6,8-12H2,1-2H3. The van der Waals surface area contributed by atoms with Crippen molar-refractivity contribution >= 4 is 16.7 Å². The average Bonchev–Trinajstić information content (AvgIpc) is 3.23. The van der Waals surface area contributed by atoms with Crippen LogP contribution in [0, 0.1) is 6.92 Å². The van der Waals surface area contributed by atoms with Crippen LogP contribution in [0.5, 0.6) is 5.88 Å².